The van der Waals surface area contributed by atoms with E-state index in [-0.39, 0.29) is 12.5 Å². The van der Waals surface area contributed by atoms with Crippen molar-refractivity contribution in [1.82, 2.24) is 14.7 Å². The molecule has 2 aromatic heterocycles. The molecule has 0 aliphatic carbocycles. The van der Waals surface area contributed by atoms with Crippen LogP contribution in [0.25, 0.3) is 23.0 Å². The predicted octanol–water partition coefficient (Wildman–Crippen LogP) is 5.26. The second-order valence-corrected chi connectivity index (χ2v) is 7.30. The summed E-state index contributed by atoms with van der Waals surface area (Å²) in [7, 11) is 0. The number of benzene rings is 2. The van der Waals surface area contributed by atoms with Crippen molar-refractivity contribution in [3.8, 4) is 23.0 Å². The van der Waals surface area contributed by atoms with Gasteiger partial charge in [-0.15, -0.1) is 0 Å². The van der Waals surface area contributed by atoms with Crippen LogP contribution in [-0.2, 0) is 11.3 Å². The number of amides is 1. The average Bonchev–Trinajstić information content (AvgIpc) is 3.33. The van der Waals surface area contributed by atoms with Gasteiger partial charge in [0, 0.05) is 16.2 Å². The molecule has 1 amide bonds. The maximum atomic E-state index is 12.4. The van der Waals surface area contributed by atoms with E-state index in [1.807, 2.05) is 42.5 Å². The van der Waals surface area contributed by atoms with Gasteiger partial charge in [0.05, 0.1) is 10.7 Å². The molecule has 4 rings (SSSR count). The first-order chi connectivity index (χ1) is 13.6. The molecule has 0 radical (unpaired) electrons. The third-order valence-electron chi connectivity index (χ3n) is 4.04. The number of rotatable bonds is 5. The van der Waals surface area contributed by atoms with Crippen molar-refractivity contribution in [3.05, 3.63) is 76.4 Å². The number of anilines is 1. The highest BCUT2D eigenvalue weighted by Crippen LogP contribution is 2.24. The lowest BCUT2D eigenvalue weighted by molar-refractivity contribution is -0.116. The topological polar surface area (TPSA) is 73.0 Å². The van der Waals surface area contributed by atoms with Crippen LogP contribution in [0.4, 0.5) is 5.69 Å². The van der Waals surface area contributed by atoms with Gasteiger partial charge in [0.2, 0.25) is 11.7 Å². The Labute approximate surface area is 174 Å². The van der Waals surface area contributed by atoms with Crippen molar-refractivity contribution in [2.24, 2.45) is 0 Å². The van der Waals surface area contributed by atoms with Gasteiger partial charge in [0.15, 0.2) is 0 Å². The van der Waals surface area contributed by atoms with Crippen molar-refractivity contribution in [3.63, 3.8) is 0 Å². The van der Waals surface area contributed by atoms with Crippen LogP contribution in [0.1, 0.15) is 0 Å². The summed E-state index contributed by atoms with van der Waals surface area (Å²) in [4.78, 5) is 16.9. The molecule has 0 aliphatic rings. The van der Waals surface area contributed by atoms with Crippen molar-refractivity contribution in [2.45, 2.75) is 6.54 Å². The van der Waals surface area contributed by atoms with Crippen molar-refractivity contribution in [2.75, 3.05) is 5.32 Å². The number of nitrogens with one attached hydrogen (secondary N) is 1. The number of nitrogens with zero attached hydrogens (tertiary/aromatic N) is 3. The molecule has 2 aromatic carbocycles. The van der Waals surface area contributed by atoms with Gasteiger partial charge in [0.25, 0.3) is 5.89 Å². The molecular weight excluding hydrogens is 444 g/mol. The minimum absolute atomic E-state index is 0.0869. The minimum Gasteiger partial charge on any atom is -0.334 e. The summed E-state index contributed by atoms with van der Waals surface area (Å²) in [6.45, 7) is 0.0869. The molecule has 8 heteroatoms. The van der Waals surface area contributed by atoms with Crippen LogP contribution in [0.3, 0.4) is 0 Å². The number of hydrogen-bond donors (Lipinski definition) is 1. The van der Waals surface area contributed by atoms with Gasteiger partial charge in [-0.1, -0.05) is 44.8 Å². The SMILES string of the molecule is O=C(Cn1cccc1-c1nc(-c2ccc(Br)cc2)no1)Nc1ccccc1Cl. The predicted molar refractivity (Wildman–Crippen MR) is 111 cm³/mol. The standard InChI is InChI=1S/C20H14BrClN4O2/c21-14-9-7-13(8-10-14)19-24-20(28-25-19)17-6-3-11-26(17)12-18(27)23-16-5-2-1-4-15(16)22/h1-11H,12H2,(H,23,27). The molecular formula is C20H14BrClN4O2. The lowest BCUT2D eigenvalue weighted by Crippen LogP contribution is -2.19. The summed E-state index contributed by atoms with van der Waals surface area (Å²) in [5.74, 6) is 0.613. The zero-order valence-electron chi connectivity index (χ0n) is 14.5. The smallest absolute Gasteiger partial charge is 0.274 e. The van der Waals surface area contributed by atoms with E-state index in [0.29, 0.717) is 28.1 Å². The molecule has 0 bridgehead atoms. The van der Waals surface area contributed by atoms with Crippen molar-refractivity contribution < 1.29 is 9.32 Å². The molecule has 0 spiro atoms. The van der Waals surface area contributed by atoms with E-state index in [1.54, 1.807) is 29.0 Å². The maximum Gasteiger partial charge on any atom is 0.274 e. The Morgan fingerprint density at radius 1 is 1.11 bits per heavy atom. The highest BCUT2D eigenvalue weighted by Gasteiger charge is 2.16. The molecule has 1 N–H and O–H groups in total. The molecule has 6 nitrogen and oxygen atoms in total. The zero-order valence-corrected chi connectivity index (χ0v) is 16.8. The Bertz CT molecular complexity index is 1120. The van der Waals surface area contributed by atoms with Crippen LogP contribution >= 0.6 is 27.5 Å². The normalized spacial score (nSPS) is 10.8. The lowest BCUT2D eigenvalue weighted by Gasteiger charge is -2.09. The molecule has 4 aromatic rings. The first-order valence-corrected chi connectivity index (χ1v) is 9.57. The number of carbonyl (C=O) groups is 1. The summed E-state index contributed by atoms with van der Waals surface area (Å²) in [5.41, 5.74) is 2.07. The summed E-state index contributed by atoms with van der Waals surface area (Å²) in [5, 5.41) is 7.33. The van der Waals surface area contributed by atoms with Crippen LogP contribution in [-0.4, -0.2) is 20.6 Å². The maximum absolute atomic E-state index is 12.4. The van der Waals surface area contributed by atoms with Gasteiger partial charge in [-0.3, -0.25) is 4.79 Å². The fourth-order valence-electron chi connectivity index (χ4n) is 2.70. The second kappa shape index (κ2) is 8.00. The molecule has 140 valence electrons. The monoisotopic (exact) mass is 456 g/mol. The van der Waals surface area contributed by atoms with Crippen molar-refractivity contribution >= 4 is 39.1 Å². The molecule has 0 saturated heterocycles. The minimum atomic E-state index is -0.210. The molecule has 0 fully saturated rings. The molecule has 28 heavy (non-hydrogen) atoms. The van der Waals surface area contributed by atoms with E-state index >= 15 is 0 Å². The van der Waals surface area contributed by atoms with E-state index in [2.05, 4.69) is 31.4 Å². The van der Waals surface area contributed by atoms with Gasteiger partial charge in [-0.25, -0.2) is 0 Å². The third kappa shape index (κ3) is 4.00. The van der Waals surface area contributed by atoms with E-state index in [1.165, 1.54) is 0 Å². The average molecular weight is 458 g/mol. The Hall–Kier alpha value is -2.90. The fourth-order valence-corrected chi connectivity index (χ4v) is 3.14. The molecule has 0 atom stereocenters. The molecule has 0 unspecified atom stereocenters. The van der Waals surface area contributed by atoms with Gasteiger partial charge >= 0.3 is 0 Å². The first kappa shape index (κ1) is 18.5. The summed E-state index contributed by atoms with van der Waals surface area (Å²) >= 11 is 9.49. The molecule has 0 saturated carbocycles. The van der Waals surface area contributed by atoms with E-state index in [9.17, 15) is 4.79 Å². The van der Waals surface area contributed by atoms with Crippen LogP contribution in [0.15, 0.2) is 75.9 Å². The van der Waals surface area contributed by atoms with Crippen LogP contribution < -0.4 is 5.32 Å². The third-order valence-corrected chi connectivity index (χ3v) is 4.90. The first-order valence-electron chi connectivity index (χ1n) is 8.40. The summed E-state index contributed by atoms with van der Waals surface area (Å²) in [6, 6.07) is 18.3. The zero-order chi connectivity index (χ0) is 19.5. The van der Waals surface area contributed by atoms with E-state index in [4.69, 9.17) is 16.1 Å². The number of halogens is 2. The number of hydrogen-bond acceptors (Lipinski definition) is 4. The van der Waals surface area contributed by atoms with Gasteiger partial charge in [-0.05, 0) is 48.5 Å². The number of aromatic nitrogens is 3. The largest absolute Gasteiger partial charge is 0.334 e. The summed E-state index contributed by atoms with van der Waals surface area (Å²) in [6.07, 6.45) is 1.78. The second-order valence-electron chi connectivity index (χ2n) is 5.98. The molecule has 0 aliphatic heterocycles. The Balaban J connectivity index is 1.52. The van der Waals surface area contributed by atoms with Crippen LogP contribution in [0.2, 0.25) is 5.02 Å². The molecule has 2 heterocycles. The van der Waals surface area contributed by atoms with Gasteiger partial charge in [-0.2, -0.15) is 4.98 Å². The number of para-hydroxylation sites is 1. The lowest BCUT2D eigenvalue weighted by atomic mass is 10.2. The number of carbonyl (C=O) groups excluding carboxylic acids is 1. The van der Waals surface area contributed by atoms with Gasteiger partial charge < -0.3 is 14.4 Å². The Morgan fingerprint density at radius 3 is 2.68 bits per heavy atom. The highest BCUT2D eigenvalue weighted by molar-refractivity contribution is 9.10. The van der Waals surface area contributed by atoms with Crippen LogP contribution in [0, 0.1) is 0 Å². The Kier molecular flexibility index (Phi) is 5.27. The van der Waals surface area contributed by atoms with E-state index < -0.39 is 0 Å². The fraction of sp³-hybridized carbons (Fsp3) is 0.0500. The Morgan fingerprint density at radius 2 is 1.89 bits per heavy atom. The van der Waals surface area contributed by atoms with Crippen molar-refractivity contribution in [1.29, 1.82) is 0 Å². The van der Waals surface area contributed by atoms with Crippen LogP contribution in [0.5, 0.6) is 0 Å². The summed E-state index contributed by atoms with van der Waals surface area (Å²) < 4.78 is 8.12. The quantitative estimate of drug-likeness (QED) is 0.444. The highest BCUT2D eigenvalue weighted by atomic mass is 79.9. The van der Waals surface area contributed by atoms with E-state index in [0.717, 1.165) is 10.0 Å². The van der Waals surface area contributed by atoms with Gasteiger partial charge in [0.1, 0.15) is 12.2 Å².